The van der Waals surface area contributed by atoms with Gasteiger partial charge in [0, 0.05) is 51.2 Å². The Morgan fingerprint density at radius 3 is 2.81 bits per heavy atom. The summed E-state index contributed by atoms with van der Waals surface area (Å²) in [6.45, 7) is 2.17. The van der Waals surface area contributed by atoms with Crippen molar-refractivity contribution < 1.29 is 4.79 Å². The van der Waals surface area contributed by atoms with Crippen molar-refractivity contribution in [3.05, 3.63) is 66.2 Å². The zero-order valence-corrected chi connectivity index (χ0v) is 15.4. The first-order chi connectivity index (χ1) is 13.2. The van der Waals surface area contributed by atoms with Crippen molar-refractivity contribution in [3.63, 3.8) is 0 Å². The summed E-state index contributed by atoms with van der Waals surface area (Å²) < 4.78 is 3.62. The van der Waals surface area contributed by atoms with Crippen LogP contribution in [0.15, 0.2) is 55.1 Å². The van der Waals surface area contributed by atoms with E-state index in [1.165, 1.54) is 5.56 Å². The van der Waals surface area contributed by atoms with Gasteiger partial charge < -0.3 is 10.6 Å². The van der Waals surface area contributed by atoms with Gasteiger partial charge in [-0.3, -0.25) is 9.48 Å². The van der Waals surface area contributed by atoms with Crippen molar-refractivity contribution in [2.75, 3.05) is 19.6 Å². The highest BCUT2D eigenvalue weighted by Crippen LogP contribution is 2.27. The van der Waals surface area contributed by atoms with E-state index in [1.807, 2.05) is 48.5 Å². The number of rotatable bonds is 6. The van der Waals surface area contributed by atoms with Gasteiger partial charge in [-0.15, -0.1) is 0 Å². The Kier molecular flexibility index (Phi) is 5.02. The van der Waals surface area contributed by atoms with E-state index in [9.17, 15) is 4.79 Å². The number of hydrogen-bond donors (Lipinski definition) is 2. The van der Waals surface area contributed by atoms with Crippen molar-refractivity contribution in [1.82, 2.24) is 30.2 Å². The third-order valence-corrected chi connectivity index (χ3v) is 5.12. The zero-order valence-electron chi connectivity index (χ0n) is 15.4. The fraction of sp³-hybridized carbons (Fsp3) is 0.350. The molecule has 1 aliphatic rings. The van der Waals surface area contributed by atoms with E-state index in [4.69, 9.17) is 0 Å². The average molecular weight is 364 g/mol. The Morgan fingerprint density at radius 1 is 1.26 bits per heavy atom. The number of carbonyl (C=O) groups is 1. The lowest BCUT2D eigenvalue weighted by atomic mass is 9.90. The van der Waals surface area contributed by atoms with Gasteiger partial charge in [-0.05, 0) is 35.7 Å². The Labute approximate surface area is 158 Å². The second-order valence-electron chi connectivity index (χ2n) is 6.98. The van der Waals surface area contributed by atoms with Crippen LogP contribution in [0, 0.1) is 5.92 Å². The third kappa shape index (κ3) is 3.93. The quantitative estimate of drug-likeness (QED) is 0.691. The SMILES string of the molecule is Cn1cc([C@H]2CNC[C@@H]2C(=O)NCCc2ccc(-n3cccn3)cc2)cn1. The zero-order chi connectivity index (χ0) is 18.6. The Bertz CT molecular complexity index is 884. The molecule has 7 nitrogen and oxygen atoms in total. The standard InChI is InChI=1S/C20H24N6O/c1-25-14-16(11-24-25)18-12-21-13-19(18)20(27)22-9-7-15-3-5-17(6-4-15)26-10-2-8-23-26/h2-6,8,10-11,14,18-19,21H,7,9,12-13H2,1H3,(H,22,27)/t18-,19+/m1/s1. The number of aryl methyl sites for hydroxylation is 1. The maximum Gasteiger partial charge on any atom is 0.225 e. The minimum Gasteiger partial charge on any atom is -0.355 e. The maximum atomic E-state index is 12.6. The lowest BCUT2D eigenvalue weighted by Gasteiger charge is -2.17. The molecule has 2 aromatic heterocycles. The van der Waals surface area contributed by atoms with E-state index >= 15 is 0 Å². The number of nitrogens with one attached hydrogen (secondary N) is 2. The van der Waals surface area contributed by atoms with Crippen LogP contribution in [-0.2, 0) is 18.3 Å². The highest BCUT2D eigenvalue weighted by atomic mass is 16.1. The molecule has 0 radical (unpaired) electrons. The first-order valence-electron chi connectivity index (χ1n) is 9.26. The molecule has 3 aromatic rings. The molecule has 4 rings (SSSR count). The molecule has 7 heteroatoms. The second kappa shape index (κ2) is 7.75. The summed E-state index contributed by atoms with van der Waals surface area (Å²) in [7, 11) is 1.90. The van der Waals surface area contributed by atoms with E-state index in [-0.39, 0.29) is 17.7 Å². The van der Waals surface area contributed by atoms with Crippen LogP contribution in [0.4, 0.5) is 0 Å². The van der Waals surface area contributed by atoms with E-state index in [1.54, 1.807) is 10.9 Å². The highest BCUT2D eigenvalue weighted by molar-refractivity contribution is 5.80. The van der Waals surface area contributed by atoms with Crippen LogP contribution in [0.25, 0.3) is 5.69 Å². The van der Waals surface area contributed by atoms with Crippen molar-refractivity contribution in [1.29, 1.82) is 0 Å². The summed E-state index contributed by atoms with van der Waals surface area (Å²) in [5, 5.41) is 14.9. The first-order valence-corrected chi connectivity index (χ1v) is 9.26. The minimum atomic E-state index is -0.0450. The molecule has 140 valence electrons. The average Bonchev–Trinajstić information content (AvgIpc) is 3.43. The molecule has 0 bridgehead atoms. The second-order valence-corrected chi connectivity index (χ2v) is 6.98. The van der Waals surface area contributed by atoms with E-state index < -0.39 is 0 Å². The molecule has 1 aromatic carbocycles. The van der Waals surface area contributed by atoms with Gasteiger partial charge in [0.25, 0.3) is 0 Å². The summed E-state index contributed by atoms with van der Waals surface area (Å²) in [5.41, 5.74) is 3.35. The number of amides is 1. The van der Waals surface area contributed by atoms with E-state index in [2.05, 4.69) is 33.0 Å². The van der Waals surface area contributed by atoms with Crippen molar-refractivity contribution in [3.8, 4) is 5.69 Å². The molecule has 1 amide bonds. The molecule has 0 unspecified atom stereocenters. The van der Waals surface area contributed by atoms with Gasteiger partial charge in [-0.25, -0.2) is 4.68 Å². The largest absolute Gasteiger partial charge is 0.355 e. The smallest absolute Gasteiger partial charge is 0.225 e. The van der Waals surface area contributed by atoms with Crippen LogP contribution in [0.5, 0.6) is 0 Å². The van der Waals surface area contributed by atoms with Gasteiger partial charge in [0.15, 0.2) is 0 Å². The van der Waals surface area contributed by atoms with Crippen molar-refractivity contribution >= 4 is 5.91 Å². The van der Waals surface area contributed by atoms with Crippen LogP contribution in [0.3, 0.4) is 0 Å². The van der Waals surface area contributed by atoms with Crippen LogP contribution in [0.2, 0.25) is 0 Å². The molecule has 3 heterocycles. The molecule has 1 saturated heterocycles. The summed E-state index contributed by atoms with van der Waals surface area (Å²) in [6.07, 6.45) is 8.35. The predicted octanol–water partition coefficient (Wildman–Crippen LogP) is 1.27. The molecule has 1 aliphatic heterocycles. The monoisotopic (exact) mass is 364 g/mol. The van der Waals surface area contributed by atoms with Crippen LogP contribution < -0.4 is 10.6 Å². The van der Waals surface area contributed by atoms with Crippen molar-refractivity contribution in [2.45, 2.75) is 12.3 Å². The first kappa shape index (κ1) is 17.5. The van der Waals surface area contributed by atoms with Crippen LogP contribution in [-0.4, -0.2) is 45.1 Å². The fourth-order valence-corrected chi connectivity index (χ4v) is 3.63. The fourth-order valence-electron chi connectivity index (χ4n) is 3.63. The van der Waals surface area contributed by atoms with Gasteiger partial charge in [0.05, 0.1) is 17.8 Å². The number of aromatic nitrogens is 4. The Morgan fingerprint density at radius 2 is 2.11 bits per heavy atom. The highest BCUT2D eigenvalue weighted by Gasteiger charge is 2.34. The summed E-state index contributed by atoms with van der Waals surface area (Å²) in [4.78, 5) is 12.6. The molecule has 2 N–H and O–H groups in total. The van der Waals surface area contributed by atoms with Gasteiger partial charge >= 0.3 is 0 Å². The summed E-state index contributed by atoms with van der Waals surface area (Å²) in [5.74, 6) is 0.255. The lowest BCUT2D eigenvalue weighted by Crippen LogP contribution is -2.35. The third-order valence-electron chi connectivity index (χ3n) is 5.12. The Hall–Kier alpha value is -2.93. The minimum absolute atomic E-state index is 0.0450. The van der Waals surface area contributed by atoms with Gasteiger partial charge in [0.2, 0.25) is 5.91 Å². The lowest BCUT2D eigenvalue weighted by molar-refractivity contribution is -0.124. The normalized spacial score (nSPS) is 19.3. The molecule has 27 heavy (non-hydrogen) atoms. The van der Waals surface area contributed by atoms with Crippen molar-refractivity contribution in [2.24, 2.45) is 13.0 Å². The van der Waals surface area contributed by atoms with E-state index in [0.717, 1.165) is 24.2 Å². The molecule has 0 saturated carbocycles. The molecular weight excluding hydrogens is 340 g/mol. The molecular formula is C20H24N6O. The summed E-state index contributed by atoms with van der Waals surface area (Å²) >= 11 is 0. The topological polar surface area (TPSA) is 76.8 Å². The summed E-state index contributed by atoms with van der Waals surface area (Å²) in [6, 6.07) is 10.2. The Balaban J connectivity index is 1.30. The number of hydrogen-bond acceptors (Lipinski definition) is 4. The predicted molar refractivity (Wildman–Crippen MR) is 103 cm³/mol. The molecule has 0 spiro atoms. The van der Waals surface area contributed by atoms with Gasteiger partial charge in [0.1, 0.15) is 0 Å². The van der Waals surface area contributed by atoms with Gasteiger partial charge in [-0.1, -0.05) is 12.1 Å². The molecule has 2 atom stereocenters. The molecule has 1 fully saturated rings. The van der Waals surface area contributed by atoms with Crippen LogP contribution >= 0.6 is 0 Å². The number of nitrogens with zero attached hydrogens (tertiary/aromatic N) is 4. The van der Waals surface area contributed by atoms with Gasteiger partial charge in [-0.2, -0.15) is 10.2 Å². The number of benzene rings is 1. The van der Waals surface area contributed by atoms with Crippen LogP contribution in [0.1, 0.15) is 17.0 Å². The molecule has 0 aliphatic carbocycles. The maximum absolute atomic E-state index is 12.6. The number of carbonyl (C=O) groups excluding carboxylic acids is 1. The van der Waals surface area contributed by atoms with E-state index in [0.29, 0.717) is 13.1 Å².